The van der Waals surface area contributed by atoms with Gasteiger partial charge in [0.25, 0.3) is 0 Å². The second-order valence-electron chi connectivity index (χ2n) is 8.07. The largest absolute Gasteiger partial charge is 0.352 e. The summed E-state index contributed by atoms with van der Waals surface area (Å²) in [6, 6.07) is 7.55. The Labute approximate surface area is 167 Å². The van der Waals surface area contributed by atoms with Gasteiger partial charge < -0.3 is 10.6 Å². The Hall–Kier alpha value is -2.37. The van der Waals surface area contributed by atoms with E-state index in [2.05, 4.69) is 17.6 Å². The van der Waals surface area contributed by atoms with E-state index in [9.17, 15) is 14.4 Å². The fraction of sp³-hybridized carbons (Fsp3) is 0.591. The summed E-state index contributed by atoms with van der Waals surface area (Å²) in [5.41, 5.74) is 2.26. The lowest BCUT2D eigenvalue weighted by Gasteiger charge is -2.42. The Bertz CT molecular complexity index is 716. The summed E-state index contributed by atoms with van der Waals surface area (Å²) in [6.45, 7) is 5.12. The van der Waals surface area contributed by atoms with Gasteiger partial charge in [0.15, 0.2) is 0 Å². The topological polar surface area (TPSA) is 78.5 Å². The summed E-state index contributed by atoms with van der Waals surface area (Å²) in [5.74, 6) is -0.415. The Morgan fingerprint density at radius 2 is 1.93 bits per heavy atom. The van der Waals surface area contributed by atoms with E-state index >= 15 is 0 Å². The summed E-state index contributed by atoms with van der Waals surface area (Å²) in [7, 11) is 0. The Balaban J connectivity index is 1.53. The van der Waals surface area contributed by atoms with Crippen molar-refractivity contribution < 1.29 is 14.4 Å². The van der Waals surface area contributed by atoms with Crippen LogP contribution in [0.15, 0.2) is 24.3 Å². The summed E-state index contributed by atoms with van der Waals surface area (Å²) >= 11 is 0. The van der Waals surface area contributed by atoms with Crippen LogP contribution in [0.4, 0.5) is 4.79 Å². The van der Waals surface area contributed by atoms with E-state index in [0.717, 1.165) is 24.8 Å². The molecule has 1 aromatic carbocycles. The molecule has 0 bridgehead atoms. The zero-order valence-corrected chi connectivity index (χ0v) is 16.9. The normalized spacial score (nSPS) is 24.5. The van der Waals surface area contributed by atoms with Crippen molar-refractivity contribution in [3.8, 4) is 0 Å². The van der Waals surface area contributed by atoms with E-state index in [1.807, 2.05) is 31.2 Å². The van der Waals surface area contributed by atoms with E-state index in [4.69, 9.17) is 0 Å². The number of nitrogens with zero attached hydrogens (tertiary/aromatic N) is 1. The first-order chi connectivity index (χ1) is 13.5. The number of carbonyl (C=O) groups excluding carboxylic acids is 3. The van der Waals surface area contributed by atoms with Crippen molar-refractivity contribution in [2.24, 2.45) is 11.8 Å². The highest BCUT2D eigenvalue weighted by atomic mass is 16.2. The fourth-order valence-corrected chi connectivity index (χ4v) is 4.17. The maximum Gasteiger partial charge on any atom is 0.324 e. The van der Waals surface area contributed by atoms with Crippen molar-refractivity contribution in [3.05, 3.63) is 35.4 Å². The van der Waals surface area contributed by atoms with Crippen molar-refractivity contribution >= 4 is 17.8 Å². The first-order valence-corrected chi connectivity index (χ1v) is 10.4. The van der Waals surface area contributed by atoms with Crippen LogP contribution in [-0.2, 0) is 16.1 Å². The number of amides is 4. The maximum atomic E-state index is 12.7. The average molecular weight is 386 g/mol. The first kappa shape index (κ1) is 20.4. The summed E-state index contributed by atoms with van der Waals surface area (Å²) in [5, 5.41) is 5.98. The average Bonchev–Trinajstić information content (AvgIpc) is 2.69. The van der Waals surface area contributed by atoms with Crippen LogP contribution in [0.3, 0.4) is 0 Å². The smallest absolute Gasteiger partial charge is 0.324 e. The number of hydrogen-bond acceptors (Lipinski definition) is 3. The number of imide groups is 1. The van der Waals surface area contributed by atoms with E-state index in [1.165, 1.54) is 10.5 Å². The monoisotopic (exact) mass is 385 g/mol. The van der Waals surface area contributed by atoms with Crippen LogP contribution >= 0.6 is 0 Å². The number of urea groups is 1. The lowest BCUT2D eigenvalue weighted by Crippen LogP contribution is -2.62. The van der Waals surface area contributed by atoms with E-state index in [-0.39, 0.29) is 35.7 Å². The minimum atomic E-state index is -0.303. The third-order valence-corrected chi connectivity index (χ3v) is 5.93. The van der Waals surface area contributed by atoms with Crippen LogP contribution in [-0.4, -0.2) is 35.3 Å². The highest BCUT2D eigenvalue weighted by Gasteiger charge is 2.45. The van der Waals surface area contributed by atoms with Gasteiger partial charge >= 0.3 is 6.03 Å². The number of nitrogens with one attached hydrogen (secondary N) is 2. The van der Waals surface area contributed by atoms with E-state index < -0.39 is 0 Å². The number of benzene rings is 1. The number of hydrogen-bond donors (Lipinski definition) is 2. The molecule has 1 aromatic rings. The molecule has 2 N–H and O–H groups in total. The third kappa shape index (κ3) is 4.72. The SMILES string of the molecule is CCCCCN1C(=O)NC2CC(C(=O)NCc3ccc(C)cc3)CCC2C1=O. The van der Waals surface area contributed by atoms with Crippen molar-refractivity contribution in [1.82, 2.24) is 15.5 Å². The molecule has 4 amide bonds. The number of carbonyl (C=O) groups is 3. The molecule has 2 aliphatic rings. The molecular formula is C22H31N3O3. The molecule has 0 aromatic heterocycles. The second kappa shape index (κ2) is 9.22. The zero-order valence-electron chi connectivity index (χ0n) is 16.9. The fourth-order valence-electron chi connectivity index (χ4n) is 4.17. The van der Waals surface area contributed by atoms with Gasteiger partial charge in [0.2, 0.25) is 11.8 Å². The first-order valence-electron chi connectivity index (χ1n) is 10.4. The predicted octanol–water partition coefficient (Wildman–Crippen LogP) is 3.14. The van der Waals surface area contributed by atoms with Crippen LogP contribution < -0.4 is 10.6 Å². The van der Waals surface area contributed by atoms with Gasteiger partial charge in [-0.15, -0.1) is 0 Å². The standard InChI is InChI=1S/C22H31N3O3/c1-3-4-5-12-25-21(27)18-11-10-17(13-19(18)24-22(25)28)20(26)23-14-16-8-6-15(2)7-9-16/h6-9,17-19H,3-5,10-14H2,1-2H3,(H,23,26)(H,24,28). The molecule has 1 heterocycles. The van der Waals surface area contributed by atoms with Crippen molar-refractivity contribution in [3.63, 3.8) is 0 Å². The van der Waals surface area contributed by atoms with E-state index in [0.29, 0.717) is 32.4 Å². The van der Waals surface area contributed by atoms with Crippen molar-refractivity contribution in [2.75, 3.05) is 6.54 Å². The molecule has 6 heteroatoms. The quantitative estimate of drug-likeness (QED) is 0.708. The molecular weight excluding hydrogens is 354 g/mol. The summed E-state index contributed by atoms with van der Waals surface area (Å²) in [6.07, 6.45) is 4.77. The van der Waals surface area contributed by atoms with Crippen molar-refractivity contribution in [1.29, 1.82) is 0 Å². The Morgan fingerprint density at radius 3 is 2.64 bits per heavy atom. The number of aryl methyl sites for hydroxylation is 1. The molecule has 0 radical (unpaired) electrons. The number of fused-ring (bicyclic) bond motifs is 1. The molecule has 1 aliphatic heterocycles. The van der Waals surface area contributed by atoms with Gasteiger partial charge in [0.1, 0.15) is 0 Å². The van der Waals surface area contributed by atoms with Gasteiger partial charge in [-0.05, 0) is 38.2 Å². The van der Waals surface area contributed by atoms with Crippen LogP contribution in [0, 0.1) is 18.8 Å². The second-order valence-corrected chi connectivity index (χ2v) is 8.07. The molecule has 3 unspecified atom stereocenters. The molecule has 152 valence electrons. The Morgan fingerprint density at radius 1 is 1.18 bits per heavy atom. The molecule has 3 rings (SSSR count). The minimum absolute atomic E-state index is 0.00565. The molecule has 6 nitrogen and oxygen atoms in total. The number of rotatable bonds is 7. The van der Waals surface area contributed by atoms with E-state index in [1.54, 1.807) is 0 Å². The van der Waals surface area contributed by atoms with Gasteiger partial charge in [-0.2, -0.15) is 0 Å². The lowest BCUT2D eigenvalue weighted by atomic mass is 9.76. The van der Waals surface area contributed by atoms with Gasteiger partial charge in [-0.25, -0.2) is 4.79 Å². The van der Waals surface area contributed by atoms with Crippen LogP contribution in [0.2, 0.25) is 0 Å². The van der Waals surface area contributed by atoms with Gasteiger partial charge in [0, 0.05) is 25.0 Å². The minimum Gasteiger partial charge on any atom is -0.352 e. The van der Waals surface area contributed by atoms with Crippen LogP contribution in [0.1, 0.15) is 56.6 Å². The molecule has 1 aliphatic carbocycles. The van der Waals surface area contributed by atoms with Crippen LogP contribution in [0.5, 0.6) is 0 Å². The molecule has 28 heavy (non-hydrogen) atoms. The maximum absolute atomic E-state index is 12.7. The number of unbranched alkanes of at least 4 members (excludes halogenated alkanes) is 2. The molecule has 2 fully saturated rings. The third-order valence-electron chi connectivity index (χ3n) is 5.93. The van der Waals surface area contributed by atoms with Gasteiger partial charge in [0.05, 0.1) is 5.92 Å². The lowest BCUT2D eigenvalue weighted by molar-refractivity contribution is -0.139. The summed E-state index contributed by atoms with van der Waals surface area (Å²) < 4.78 is 0. The van der Waals surface area contributed by atoms with Crippen molar-refractivity contribution in [2.45, 2.75) is 65.0 Å². The highest BCUT2D eigenvalue weighted by molar-refractivity contribution is 5.99. The Kier molecular flexibility index (Phi) is 6.70. The zero-order chi connectivity index (χ0) is 20.1. The predicted molar refractivity (Wildman–Crippen MR) is 107 cm³/mol. The molecule has 1 saturated heterocycles. The highest BCUT2D eigenvalue weighted by Crippen LogP contribution is 2.33. The molecule has 0 spiro atoms. The van der Waals surface area contributed by atoms with Gasteiger partial charge in [-0.3, -0.25) is 14.5 Å². The summed E-state index contributed by atoms with van der Waals surface area (Å²) in [4.78, 5) is 39.1. The molecule has 3 atom stereocenters. The van der Waals surface area contributed by atoms with Gasteiger partial charge in [-0.1, -0.05) is 49.6 Å². The van der Waals surface area contributed by atoms with Crippen LogP contribution in [0.25, 0.3) is 0 Å². The molecule has 1 saturated carbocycles.